The average molecular weight is 456 g/mol. The van der Waals surface area contributed by atoms with Gasteiger partial charge in [-0.1, -0.05) is 19.8 Å². The third-order valence-electron chi connectivity index (χ3n) is 6.30. The van der Waals surface area contributed by atoms with Crippen LogP contribution in [0.2, 0.25) is 0 Å². The van der Waals surface area contributed by atoms with Crippen LogP contribution in [-0.2, 0) is 0 Å². The molecule has 1 saturated carbocycles. The minimum Gasteiger partial charge on any atom is -0.454 e. The van der Waals surface area contributed by atoms with Gasteiger partial charge in [-0.2, -0.15) is 4.98 Å². The highest BCUT2D eigenvalue weighted by atomic mass is 16.3. The maximum absolute atomic E-state index is 10.6. The summed E-state index contributed by atoms with van der Waals surface area (Å²) in [6, 6.07) is 3.43. The van der Waals surface area contributed by atoms with Gasteiger partial charge in [0.05, 0.1) is 29.6 Å². The molecule has 33 heavy (non-hydrogen) atoms. The minimum atomic E-state index is -1.02. The fourth-order valence-corrected chi connectivity index (χ4v) is 4.43. The summed E-state index contributed by atoms with van der Waals surface area (Å²) < 4.78 is 6.08. The number of nitrogens with one attached hydrogen (secondary N) is 2. The first kappa shape index (κ1) is 23.4. The van der Waals surface area contributed by atoms with Crippen molar-refractivity contribution in [2.75, 3.05) is 23.8 Å². The van der Waals surface area contributed by atoms with Crippen LogP contribution >= 0.6 is 0 Å². The van der Waals surface area contributed by atoms with Crippen LogP contribution in [0.4, 0.5) is 11.8 Å². The first-order valence-corrected chi connectivity index (χ1v) is 11.6. The SMILES string of the molecule is CCCCCNc1nc(C)c(-c2cc3cc(C)ncc3o2)c(NC2C[C@H](CO)[C@@H](O)[C@H]2O)n1. The van der Waals surface area contributed by atoms with E-state index in [4.69, 9.17) is 9.40 Å². The van der Waals surface area contributed by atoms with E-state index in [0.29, 0.717) is 35.1 Å². The molecule has 1 aliphatic carbocycles. The van der Waals surface area contributed by atoms with Crippen LogP contribution in [0, 0.1) is 19.8 Å². The summed E-state index contributed by atoms with van der Waals surface area (Å²) in [7, 11) is 0. The van der Waals surface area contributed by atoms with E-state index in [2.05, 4.69) is 27.5 Å². The molecule has 1 fully saturated rings. The molecule has 1 aliphatic rings. The summed E-state index contributed by atoms with van der Waals surface area (Å²) in [4.78, 5) is 13.7. The fourth-order valence-electron chi connectivity index (χ4n) is 4.43. The predicted molar refractivity (Wildman–Crippen MR) is 127 cm³/mol. The number of hydrogen-bond donors (Lipinski definition) is 5. The highest BCUT2D eigenvalue weighted by Gasteiger charge is 2.41. The van der Waals surface area contributed by atoms with E-state index in [1.807, 2.05) is 26.0 Å². The number of hydrogen-bond acceptors (Lipinski definition) is 9. The van der Waals surface area contributed by atoms with Gasteiger partial charge in [-0.05, 0) is 38.8 Å². The quantitative estimate of drug-likeness (QED) is 0.308. The number of aryl methyl sites for hydroxylation is 2. The molecule has 0 bridgehead atoms. The average Bonchev–Trinajstić information content (AvgIpc) is 3.31. The number of aromatic nitrogens is 3. The van der Waals surface area contributed by atoms with Crippen molar-refractivity contribution in [2.45, 2.75) is 64.7 Å². The highest BCUT2D eigenvalue weighted by Crippen LogP contribution is 2.37. The van der Waals surface area contributed by atoms with E-state index in [0.717, 1.165) is 42.6 Å². The van der Waals surface area contributed by atoms with Crippen molar-refractivity contribution in [3.63, 3.8) is 0 Å². The van der Waals surface area contributed by atoms with Crippen molar-refractivity contribution in [2.24, 2.45) is 5.92 Å². The first-order chi connectivity index (χ1) is 15.9. The lowest BCUT2D eigenvalue weighted by Gasteiger charge is -2.21. The summed E-state index contributed by atoms with van der Waals surface area (Å²) in [6.45, 7) is 6.55. The fraction of sp³-hybridized carbons (Fsp3) is 0.542. The lowest BCUT2D eigenvalue weighted by atomic mass is 10.1. The summed E-state index contributed by atoms with van der Waals surface area (Å²) in [5.41, 5.74) is 2.98. The van der Waals surface area contributed by atoms with Crippen molar-refractivity contribution >= 4 is 22.7 Å². The van der Waals surface area contributed by atoms with Gasteiger partial charge in [-0.3, -0.25) is 4.98 Å². The molecule has 178 valence electrons. The minimum absolute atomic E-state index is 0.188. The Kier molecular flexibility index (Phi) is 7.11. The van der Waals surface area contributed by atoms with Gasteiger partial charge in [0.1, 0.15) is 17.7 Å². The number of rotatable bonds is 9. The molecule has 3 aromatic rings. The van der Waals surface area contributed by atoms with Gasteiger partial charge in [0.25, 0.3) is 0 Å². The normalized spacial score (nSPS) is 22.7. The maximum atomic E-state index is 10.6. The lowest BCUT2D eigenvalue weighted by molar-refractivity contribution is 0.00446. The zero-order valence-electron chi connectivity index (χ0n) is 19.4. The number of fused-ring (bicyclic) bond motifs is 1. The molecular weight excluding hydrogens is 422 g/mol. The zero-order valence-corrected chi connectivity index (χ0v) is 19.4. The van der Waals surface area contributed by atoms with Crippen molar-refractivity contribution in [3.05, 3.63) is 29.7 Å². The van der Waals surface area contributed by atoms with E-state index in [9.17, 15) is 15.3 Å². The van der Waals surface area contributed by atoms with Gasteiger partial charge < -0.3 is 30.4 Å². The van der Waals surface area contributed by atoms with Crippen LogP contribution in [0.15, 0.2) is 22.7 Å². The molecule has 0 radical (unpaired) electrons. The second-order valence-corrected chi connectivity index (χ2v) is 8.87. The van der Waals surface area contributed by atoms with Crippen molar-refractivity contribution < 1.29 is 19.7 Å². The molecule has 0 aliphatic heterocycles. The summed E-state index contributed by atoms with van der Waals surface area (Å²) in [5, 5.41) is 37.9. The molecule has 9 heteroatoms. The number of nitrogens with zero attached hydrogens (tertiary/aromatic N) is 3. The van der Waals surface area contributed by atoms with Crippen LogP contribution in [0.1, 0.15) is 44.0 Å². The molecule has 0 saturated heterocycles. The Bertz CT molecular complexity index is 1100. The molecule has 5 N–H and O–H groups in total. The molecule has 9 nitrogen and oxygen atoms in total. The number of aliphatic hydroxyl groups excluding tert-OH is 3. The van der Waals surface area contributed by atoms with Gasteiger partial charge in [0.2, 0.25) is 5.95 Å². The highest BCUT2D eigenvalue weighted by molar-refractivity contribution is 5.86. The third-order valence-corrected chi connectivity index (χ3v) is 6.30. The van der Waals surface area contributed by atoms with E-state index < -0.39 is 24.2 Å². The monoisotopic (exact) mass is 455 g/mol. The topological polar surface area (TPSA) is 137 Å². The molecule has 4 rings (SSSR count). The van der Waals surface area contributed by atoms with Crippen molar-refractivity contribution in [1.82, 2.24) is 15.0 Å². The third kappa shape index (κ3) is 4.95. The van der Waals surface area contributed by atoms with Gasteiger partial charge in [0, 0.05) is 30.1 Å². The Labute approximate surface area is 193 Å². The number of aliphatic hydroxyl groups is 3. The number of furan rings is 1. The second-order valence-electron chi connectivity index (χ2n) is 8.87. The van der Waals surface area contributed by atoms with Gasteiger partial charge in [0.15, 0.2) is 5.58 Å². The Balaban J connectivity index is 1.71. The van der Waals surface area contributed by atoms with Crippen LogP contribution in [0.25, 0.3) is 22.3 Å². The Morgan fingerprint density at radius 3 is 2.67 bits per heavy atom. The van der Waals surface area contributed by atoms with Crippen LogP contribution < -0.4 is 10.6 Å². The van der Waals surface area contributed by atoms with Crippen molar-refractivity contribution in [3.8, 4) is 11.3 Å². The number of anilines is 2. The van der Waals surface area contributed by atoms with Gasteiger partial charge in [-0.25, -0.2) is 4.98 Å². The summed E-state index contributed by atoms with van der Waals surface area (Å²) in [5.74, 6) is 1.21. The molecule has 0 aromatic carbocycles. The van der Waals surface area contributed by atoms with E-state index in [-0.39, 0.29) is 6.61 Å². The van der Waals surface area contributed by atoms with Crippen LogP contribution in [0.5, 0.6) is 0 Å². The molecule has 0 amide bonds. The van der Waals surface area contributed by atoms with E-state index in [1.165, 1.54) is 0 Å². The number of unbranched alkanes of at least 4 members (excludes halogenated alkanes) is 2. The largest absolute Gasteiger partial charge is 0.454 e. The molecule has 0 spiro atoms. The van der Waals surface area contributed by atoms with Crippen LogP contribution in [0.3, 0.4) is 0 Å². The van der Waals surface area contributed by atoms with Gasteiger partial charge in [-0.15, -0.1) is 0 Å². The maximum Gasteiger partial charge on any atom is 0.224 e. The molecule has 3 heterocycles. The van der Waals surface area contributed by atoms with Crippen molar-refractivity contribution in [1.29, 1.82) is 0 Å². The lowest BCUT2D eigenvalue weighted by Crippen LogP contribution is -2.35. The smallest absolute Gasteiger partial charge is 0.224 e. The van der Waals surface area contributed by atoms with Gasteiger partial charge >= 0.3 is 0 Å². The van der Waals surface area contributed by atoms with Crippen LogP contribution in [-0.4, -0.2) is 61.7 Å². The summed E-state index contributed by atoms with van der Waals surface area (Å²) >= 11 is 0. The zero-order chi connectivity index (χ0) is 23.5. The Morgan fingerprint density at radius 2 is 1.94 bits per heavy atom. The Hall–Kier alpha value is -2.75. The van der Waals surface area contributed by atoms with E-state index >= 15 is 0 Å². The second kappa shape index (κ2) is 10.0. The number of pyridine rings is 1. The van der Waals surface area contributed by atoms with E-state index in [1.54, 1.807) is 6.20 Å². The molecule has 1 unspecified atom stereocenters. The Morgan fingerprint density at radius 1 is 1.12 bits per heavy atom. The molecule has 3 aromatic heterocycles. The first-order valence-electron chi connectivity index (χ1n) is 11.6. The molecule has 4 atom stereocenters. The predicted octanol–water partition coefficient (Wildman–Crippen LogP) is 3.02. The standard InChI is InChI=1S/C24H33N5O4/c1-4-5-6-7-25-24-27-14(3)20(18-10-15-8-13(2)26-11-19(15)33-18)23(29-24)28-17-9-16(12-30)21(31)22(17)32/h8,10-11,16-17,21-22,30-32H,4-7,9,12H2,1-3H3,(H2,25,27,28,29)/t16-,17?,21-,22+/m1/s1. The molecular formula is C24H33N5O4. The summed E-state index contributed by atoms with van der Waals surface area (Å²) in [6.07, 6.45) is 3.37.